The maximum atomic E-state index is 11.7. The van der Waals surface area contributed by atoms with Crippen LogP contribution in [0.3, 0.4) is 0 Å². The first-order valence-electron chi connectivity index (χ1n) is 4.95. The lowest BCUT2D eigenvalue weighted by molar-refractivity contribution is -0.119. The Kier molecular flexibility index (Phi) is 3.21. The second kappa shape index (κ2) is 4.62. The van der Waals surface area contributed by atoms with Crippen LogP contribution in [0.25, 0.3) is 0 Å². The van der Waals surface area contributed by atoms with Crippen LogP contribution in [-0.2, 0) is 9.59 Å². The molecule has 2 nitrogen and oxygen atoms in total. The first kappa shape index (κ1) is 10.4. The van der Waals surface area contributed by atoms with E-state index in [1.165, 1.54) is 11.8 Å². The Morgan fingerprint density at radius 3 is 2.87 bits per heavy atom. The largest absolute Gasteiger partial charge is 0.298 e. The van der Waals surface area contributed by atoms with Crippen molar-refractivity contribution < 1.29 is 9.59 Å². The molecule has 0 aromatic carbocycles. The maximum Gasteiger partial charge on any atom is 0.168 e. The highest BCUT2D eigenvalue weighted by Gasteiger charge is 2.23. The van der Waals surface area contributed by atoms with Crippen molar-refractivity contribution in [3.63, 3.8) is 0 Å². The molecule has 1 heterocycles. The van der Waals surface area contributed by atoms with Gasteiger partial charge in [0.25, 0.3) is 0 Å². The molecule has 2 bridgehead atoms. The van der Waals surface area contributed by atoms with Gasteiger partial charge in [-0.15, -0.1) is 11.8 Å². The highest BCUT2D eigenvalue weighted by atomic mass is 32.2. The molecule has 1 aliphatic heterocycles. The number of allylic oxidation sites excluding steroid dienone is 6. The van der Waals surface area contributed by atoms with Crippen LogP contribution in [0, 0.1) is 5.92 Å². The number of carbonyl (C=O) groups excluding carboxylic acids is 2. The van der Waals surface area contributed by atoms with E-state index in [1.54, 1.807) is 0 Å². The number of rotatable bonds is 0. The number of Topliss-reactive ketones (excluding diaryl/α,β-unsaturated/α-hetero) is 2. The number of hydrogen-bond acceptors (Lipinski definition) is 3. The summed E-state index contributed by atoms with van der Waals surface area (Å²) in [6, 6.07) is 0. The molecule has 0 saturated carbocycles. The quantitative estimate of drug-likeness (QED) is 0.625. The first-order chi connectivity index (χ1) is 7.27. The molecule has 0 aromatic heterocycles. The minimum atomic E-state index is -0.113. The number of thioether (sulfide) groups is 1. The lowest BCUT2D eigenvalue weighted by Crippen LogP contribution is -2.22. The van der Waals surface area contributed by atoms with Gasteiger partial charge in [0.2, 0.25) is 0 Å². The van der Waals surface area contributed by atoms with Crippen LogP contribution < -0.4 is 0 Å². The highest BCUT2D eigenvalue weighted by Crippen LogP contribution is 2.23. The number of carbonyl (C=O) groups is 2. The van der Waals surface area contributed by atoms with Gasteiger partial charge in [-0.3, -0.25) is 9.59 Å². The molecule has 1 saturated heterocycles. The molecule has 2 rings (SSSR count). The summed E-state index contributed by atoms with van der Waals surface area (Å²) >= 11 is 1.42. The third kappa shape index (κ3) is 2.48. The van der Waals surface area contributed by atoms with Crippen LogP contribution in [-0.4, -0.2) is 23.1 Å². The molecular weight excluding hydrogens is 208 g/mol. The maximum absolute atomic E-state index is 11.7. The van der Waals surface area contributed by atoms with Crippen LogP contribution in [0.15, 0.2) is 36.0 Å². The van der Waals surface area contributed by atoms with Gasteiger partial charge in [0.05, 0.1) is 11.5 Å². The Morgan fingerprint density at radius 1 is 1.13 bits per heavy atom. The van der Waals surface area contributed by atoms with E-state index in [9.17, 15) is 9.59 Å². The second-order valence-electron chi connectivity index (χ2n) is 3.65. The molecule has 0 aromatic rings. The fourth-order valence-corrected chi connectivity index (χ4v) is 2.57. The van der Waals surface area contributed by atoms with Crippen molar-refractivity contribution in [2.75, 3.05) is 11.5 Å². The Bertz CT molecular complexity index is 377. The van der Waals surface area contributed by atoms with E-state index in [0.717, 1.165) is 5.57 Å². The van der Waals surface area contributed by atoms with E-state index in [-0.39, 0.29) is 17.5 Å². The SMILES string of the molecule is O=C1CSCC(=O)C2\C=C/C=C\C=C\1C2. The van der Waals surface area contributed by atoms with Gasteiger partial charge in [0, 0.05) is 5.92 Å². The molecule has 1 unspecified atom stereocenters. The van der Waals surface area contributed by atoms with Gasteiger partial charge in [-0.1, -0.05) is 30.4 Å². The van der Waals surface area contributed by atoms with Gasteiger partial charge in [-0.05, 0) is 12.0 Å². The summed E-state index contributed by atoms with van der Waals surface area (Å²) in [5.41, 5.74) is 0.779. The standard InChI is InChI=1S/C12H12O2S/c13-11-7-15-8-12(14)10-5-3-1-2-4-9(11)6-10/h1-5,9H,6-8H2/b3-1-,4-2-,10-5+. The monoisotopic (exact) mass is 220 g/mol. The summed E-state index contributed by atoms with van der Waals surface area (Å²) in [6.45, 7) is 0. The van der Waals surface area contributed by atoms with Crippen LogP contribution in [0.4, 0.5) is 0 Å². The third-order valence-corrected chi connectivity index (χ3v) is 3.51. The second-order valence-corrected chi connectivity index (χ2v) is 4.64. The van der Waals surface area contributed by atoms with E-state index < -0.39 is 0 Å². The molecule has 0 N–H and O–H groups in total. The van der Waals surface area contributed by atoms with Crippen molar-refractivity contribution in [3.8, 4) is 0 Å². The molecule has 0 spiro atoms. The van der Waals surface area contributed by atoms with Crippen molar-refractivity contribution >= 4 is 23.3 Å². The first-order valence-corrected chi connectivity index (χ1v) is 6.10. The lowest BCUT2D eigenvalue weighted by Gasteiger charge is -2.17. The van der Waals surface area contributed by atoms with Gasteiger partial charge in [0.15, 0.2) is 5.78 Å². The average Bonchev–Trinajstić information content (AvgIpc) is 2.14. The molecule has 15 heavy (non-hydrogen) atoms. The zero-order chi connectivity index (χ0) is 10.7. The Balaban J connectivity index is 2.33. The highest BCUT2D eigenvalue weighted by molar-refractivity contribution is 8.00. The normalized spacial score (nSPS) is 34.1. The molecule has 0 radical (unpaired) electrons. The summed E-state index contributed by atoms with van der Waals surface area (Å²) in [6.07, 6.45) is 9.90. The molecule has 0 amide bonds. The van der Waals surface area contributed by atoms with Crippen LogP contribution in [0.5, 0.6) is 0 Å². The van der Waals surface area contributed by atoms with Gasteiger partial charge < -0.3 is 0 Å². The molecule has 1 fully saturated rings. The number of fused-ring (bicyclic) bond motifs is 2. The van der Waals surface area contributed by atoms with E-state index >= 15 is 0 Å². The lowest BCUT2D eigenvalue weighted by atomic mass is 9.92. The minimum Gasteiger partial charge on any atom is -0.298 e. The summed E-state index contributed by atoms with van der Waals surface area (Å²) in [4.78, 5) is 23.4. The van der Waals surface area contributed by atoms with Crippen molar-refractivity contribution in [2.45, 2.75) is 6.42 Å². The predicted molar refractivity (Wildman–Crippen MR) is 61.8 cm³/mol. The van der Waals surface area contributed by atoms with Crippen LogP contribution in [0.2, 0.25) is 0 Å². The van der Waals surface area contributed by atoms with Gasteiger partial charge >= 0.3 is 0 Å². The Morgan fingerprint density at radius 2 is 2.00 bits per heavy atom. The summed E-state index contributed by atoms with van der Waals surface area (Å²) in [7, 11) is 0. The van der Waals surface area contributed by atoms with Crippen molar-refractivity contribution in [1.82, 2.24) is 0 Å². The molecule has 1 atom stereocenters. The fraction of sp³-hybridized carbons (Fsp3) is 0.333. The minimum absolute atomic E-state index is 0.113. The average molecular weight is 220 g/mol. The molecular formula is C12H12O2S. The van der Waals surface area contributed by atoms with Crippen molar-refractivity contribution in [3.05, 3.63) is 36.0 Å². The van der Waals surface area contributed by atoms with Gasteiger partial charge in [0.1, 0.15) is 5.78 Å². The third-order valence-electron chi connectivity index (χ3n) is 2.55. The summed E-state index contributed by atoms with van der Waals surface area (Å²) in [5, 5.41) is 0. The summed E-state index contributed by atoms with van der Waals surface area (Å²) in [5.74, 6) is 1.17. The Hall–Kier alpha value is -1.09. The molecule has 2 aliphatic rings. The molecule has 78 valence electrons. The summed E-state index contributed by atoms with van der Waals surface area (Å²) < 4.78 is 0. The fourth-order valence-electron chi connectivity index (χ4n) is 1.68. The topological polar surface area (TPSA) is 34.1 Å². The molecule has 1 aliphatic carbocycles. The van der Waals surface area contributed by atoms with E-state index in [1.807, 2.05) is 30.4 Å². The van der Waals surface area contributed by atoms with Crippen molar-refractivity contribution in [1.29, 1.82) is 0 Å². The van der Waals surface area contributed by atoms with Crippen molar-refractivity contribution in [2.24, 2.45) is 5.92 Å². The molecule has 3 heteroatoms. The van der Waals surface area contributed by atoms with E-state index in [2.05, 4.69) is 0 Å². The Labute approximate surface area is 93.1 Å². The van der Waals surface area contributed by atoms with E-state index in [0.29, 0.717) is 17.9 Å². The van der Waals surface area contributed by atoms with Gasteiger partial charge in [-0.2, -0.15) is 0 Å². The number of ketones is 2. The number of hydrogen-bond donors (Lipinski definition) is 0. The smallest absolute Gasteiger partial charge is 0.168 e. The van der Waals surface area contributed by atoms with Crippen LogP contribution in [0.1, 0.15) is 6.42 Å². The zero-order valence-electron chi connectivity index (χ0n) is 8.31. The zero-order valence-corrected chi connectivity index (χ0v) is 9.13. The van der Waals surface area contributed by atoms with Gasteiger partial charge in [-0.25, -0.2) is 0 Å². The predicted octanol–water partition coefficient (Wildman–Crippen LogP) is 1.93. The van der Waals surface area contributed by atoms with Crippen LogP contribution >= 0.6 is 11.8 Å². The van der Waals surface area contributed by atoms with E-state index in [4.69, 9.17) is 0 Å².